The fraction of sp³-hybridized carbons (Fsp3) is 0.263. The van der Waals surface area contributed by atoms with Crippen molar-refractivity contribution in [2.75, 3.05) is 12.4 Å². The third-order valence-electron chi connectivity index (χ3n) is 3.48. The Morgan fingerprint density at radius 1 is 1.08 bits per heavy atom. The molecule has 0 fully saturated rings. The lowest BCUT2D eigenvalue weighted by molar-refractivity contribution is -0.120. The van der Waals surface area contributed by atoms with E-state index >= 15 is 0 Å². The van der Waals surface area contributed by atoms with Gasteiger partial charge in [-0.3, -0.25) is 9.59 Å². The highest BCUT2D eigenvalue weighted by Gasteiger charge is 2.14. The first-order valence-electron chi connectivity index (χ1n) is 7.93. The molecule has 5 nitrogen and oxygen atoms in total. The molecule has 2 amide bonds. The molecule has 2 N–H and O–H groups in total. The number of hydrogen-bond donors (Lipinski definition) is 2. The first-order valence-corrected chi connectivity index (χ1v) is 8.81. The normalized spacial score (nSPS) is 11.5. The number of anilines is 1. The second-order valence-corrected chi connectivity index (χ2v) is 6.95. The SMILES string of the molecule is COc1ccc(CNC(=O)[C@@H](C)Sc2ccc(NC(C)=O)cc2)cc1. The Morgan fingerprint density at radius 3 is 2.28 bits per heavy atom. The van der Waals surface area contributed by atoms with Gasteiger partial charge in [0.2, 0.25) is 11.8 Å². The van der Waals surface area contributed by atoms with Crippen LogP contribution in [-0.4, -0.2) is 24.2 Å². The molecule has 1 atom stereocenters. The molecule has 2 aromatic rings. The van der Waals surface area contributed by atoms with Crippen molar-refractivity contribution < 1.29 is 14.3 Å². The van der Waals surface area contributed by atoms with E-state index in [0.717, 1.165) is 21.9 Å². The first kappa shape index (κ1) is 18.9. The average Bonchev–Trinajstić information content (AvgIpc) is 2.61. The summed E-state index contributed by atoms with van der Waals surface area (Å²) in [5, 5.41) is 5.44. The van der Waals surface area contributed by atoms with Crippen LogP contribution >= 0.6 is 11.8 Å². The quantitative estimate of drug-likeness (QED) is 0.744. The van der Waals surface area contributed by atoms with Crippen molar-refractivity contribution in [3.63, 3.8) is 0 Å². The van der Waals surface area contributed by atoms with Crippen molar-refractivity contribution in [2.45, 2.75) is 30.5 Å². The van der Waals surface area contributed by atoms with Crippen LogP contribution in [0.3, 0.4) is 0 Å². The topological polar surface area (TPSA) is 67.4 Å². The van der Waals surface area contributed by atoms with Crippen LogP contribution in [0.25, 0.3) is 0 Å². The van der Waals surface area contributed by atoms with E-state index in [1.165, 1.54) is 18.7 Å². The maximum absolute atomic E-state index is 12.2. The van der Waals surface area contributed by atoms with Gasteiger partial charge in [0.15, 0.2) is 0 Å². The molecule has 0 heterocycles. The summed E-state index contributed by atoms with van der Waals surface area (Å²) in [6.45, 7) is 3.82. The molecule has 0 bridgehead atoms. The van der Waals surface area contributed by atoms with Crippen LogP contribution in [0.4, 0.5) is 5.69 Å². The highest BCUT2D eigenvalue weighted by molar-refractivity contribution is 8.00. The van der Waals surface area contributed by atoms with Gasteiger partial charge < -0.3 is 15.4 Å². The maximum atomic E-state index is 12.2. The van der Waals surface area contributed by atoms with E-state index < -0.39 is 0 Å². The zero-order valence-electron chi connectivity index (χ0n) is 14.5. The van der Waals surface area contributed by atoms with Crippen LogP contribution in [-0.2, 0) is 16.1 Å². The van der Waals surface area contributed by atoms with E-state index in [4.69, 9.17) is 4.74 Å². The summed E-state index contributed by atoms with van der Waals surface area (Å²) in [4.78, 5) is 24.2. The highest BCUT2D eigenvalue weighted by atomic mass is 32.2. The summed E-state index contributed by atoms with van der Waals surface area (Å²) in [6.07, 6.45) is 0. The third-order valence-corrected chi connectivity index (χ3v) is 4.59. The second-order valence-electron chi connectivity index (χ2n) is 5.53. The molecule has 0 radical (unpaired) electrons. The number of thioether (sulfide) groups is 1. The molecule has 0 aromatic heterocycles. The van der Waals surface area contributed by atoms with Gasteiger partial charge in [-0.15, -0.1) is 11.8 Å². The maximum Gasteiger partial charge on any atom is 0.233 e. The van der Waals surface area contributed by atoms with Crippen molar-refractivity contribution in [1.29, 1.82) is 0 Å². The number of benzene rings is 2. The van der Waals surface area contributed by atoms with Crippen molar-refractivity contribution in [3.05, 3.63) is 54.1 Å². The van der Waals surface area contributed by atoms with Crippen LogP contribution < -0.4 is 15.4 Å². The number of carbonyl (C=O) groups excluding carboxylic acids is 2. The fourth-order valence-electron chi connectivity index (χ4n) is 2.15. The minimum atomic E-state index is -0.218. The summed E-state index contributed by atoms with van der Waals surface area (Å²) in [6, 6.07) is 15.0. The third kappa shape index (κ3) is 6.15. The van der Waals surface area contributed by atoms with Crippen molar-refractivity contribution in [3.8, 4) is 5.75 Å². The lowest BCUT2D eigenvalue weighted by Gasteiger charge is -2.13. The number of nitrogens with one attached hydrogen (secondary N) is 2. The highest BCUT2D eigenvalue weighted by Crippen LogP contribution is 2.25. The number of amides is 2. The molecule has 2 aromatic carbocycles. The van der Waals surface area contributed by atoms with Gasteiger partial charge in [-0.25, -0.2) is 0 Å². The lowest BCUT2D eigenvalue weighted by atomic mass is 10.2. The Bertz CT molecular complexity index is 714. The number of carbonyl (C=O) groups is 2. The van der Waals surface area contributed by atoms with Crippen LogP contribution in [0.5, 0.6) is 5.75 Å². The van der Waals surface area contributed by atoms with Crippen molar-refractivity contribution in [1.82, 2.24) is 5.32 Å². The predicted octanol–water partition coefficient (Wildman–Crippen LogP) is 3.45. The number of ether oxygens (including phenoxy) is 1. The van der Waals surface area contributed by atoms with Gasteiger partial charge in [-0.1, -0.05) is 12.1 Å². The van der Waals surface area contributed by atoms with E-state index in [1.807, 2.05) is 55.5 Å². The van der Waals surface area contributed by atoms with Crippen LogP contribution in [0.2, 0.25) is 0 Å². The molecule has 0 unspecified atom stereocenters. The van der Waals surface area contributed by atoms with Gasteiger partial charge in [0.25, 0.3) is 0 Å². The predicted molar refractivity (Wildman–Crippen MR) is 101 cm³/mol. The minimum Gasteiger partial charge on any atom is -0.497 e. The van der Waals surface area contributed by atoms with Gasteiger partial charge >= 0.3 is 0 Å². The second kappa shape index (κ2) is 9.13. The zero-order valence-corrected chi connectivity index (χ0v) is 15.4. The minimum absolute atomic E-state index is 0.0215. The molecule has 6 heteroatoms. The molecule has 2 rings (SSSR count). The molecule has 25 heavy (non-hydrogen) atoms. The van der Waals surface area contributed by atoms with E-state index in [0.29, 0.717) is 6.54 Å². The monoisotopic (exact) mass is 358 g/mol. The number of methoxy groups -OCH3 is 1. The van der Waals surface area contributed by atoms with Crippen molar-refractivity contribution in [2.24, 2.45) is 0 Å². The standard InChI is InChI=1S/C19H22N2O3S/c1-13(25-18-10-6-16(7-11-18)21-14(2)22)19(23)20-12-15-4-8-17(24-3)9-5-15/h4-11,13H,12H2,1-3H3,(H,20,23)(H,21,22)/t13-/m1/s1. The van der Waals surface area contributed by atoms with E-state index in [2.05, 4.69) is 10.6 Å². The Kier molecular flexibility index (Phi) is 6.89. The molecular weight excluding hydrogens is 336 g/mol. The summed E-state index contributed by atoms with van der Waals surface area (Å²) >= 11 is 1.48. The van der Waals surface area contributed by atoms with Gasteiger partial charge in [-0.05, 0) is 48.9 Å². The molecule has 0 aliphatic rings. The zero-order chi connectivity index (χ0) is 18.2. The van der Waals surface area contributed by atoms with E-state index in [9.17, 15) is 9.59 Å². The van der Waals surface area contributed by atoms with Crippen LogP contribution in [0, 0.1) is 0 Å². The Balaban J connectivity index is 1.83. The van der Waals surface area contributed by atoms with Crippen LogP contribution in [0.1, 0.15) is 19.4 Å². The Morgan fingerprint density at radius 2 is 1.72 bits per heavy atom. The van der Waals surface area contributed by atoms with Gasteiger partial charge in [0.05, 0.1) is 12.4 Å². The molecule has 0 saturated carbocycles. The average molecular weight is 358 g/mol. The molecule has 0 saturated heterocycles. The number of rotatable bonds is 7. The van der Waals surface area contributed by atoms with Crippen LogP contribution in [0.15, 0.2) is 53.4 Å². The smallest absolute Gasteiger partial charge is 0.233 e. The summed E-state index contributed by atoms with van der Waals surface area (Å²) < 4.78 is 5.12. The fourth-order valence-corrected chi connectivity index (χ4v) is 3.05. The lowest BCUT2D eigenvalue weighted by Crippen LogP contribution is -2.30. The van der Waals surface area contributed by atoms with Crippen molar-refractivity contribution >= 4 is 29.3 Å². The Labute approximate surface area is 152 Å². The van der Waals surface area contributed by atoms with Gasteiger partial charge in [0.1, 0.15) is 5.75 Å². The van der Waals surface area contributed by atoms with Gasteiger partial charge in [0, 0.05) is 24.1 Å². The number of hydrogen-bond acceptors (Lipinski definition) is 4. The largest absolute Gasteiger partial charge is 0.497 e. The van der Waals surface area contributed by atoms with E-state index in [-0.39, 0.29) is 17.1 Å². The Hall–Kier alpha value is -2.47. The summed E-state index contributed by atoms with van der Waals surface area (Å²) in [5.74, 6) is 0.667. The molecule has 132 valence electrons. The van der Waals surface area contributed by atoms with E-state index in [1.54, 1.807) is 7.11 Å². The summed E-state index contributed by atoms with van der Waals surface area (Å²) in [7, 11) is 1.62. The van der Waals surface area contributed by atoms with Gasteiger partial charge in [-0.2, -0.15) is 0 Å². The first-order chi connectivity index (χ1) is 12.0. The molecular formula is C19H22N2O3S. The molecule has 0 aliphatic carbocycles. The molecule has 0 aliphatic heterocycles. The summed E-state index contributed by atoms with van der Waals surface area (Å²) in [5.41, 5.74) is 1.76. The molecule has 0 spiro atoms.